The van der Waals surface area contributed by atoms with Gasteiger partial charge in [-0.05, 0) is 37.5 Å². The highest BCUT2D eigenvalue weighted by Gasteiger charge is 2.45. The summed E-state index contributed by atoms with van der Waals surface area (Å²) in [6.07, 6.45) is 7.11. The molecule has 2 amide bonds. The number of nitrogens with zero attached hydrogens (tertiary/aromatic N) is 3. The Morgan fingerprint density at radius 2 is 2.20 bits per heavy atom. The highest BCUT2D eigenvalue weighted by Crippen LogP contribution is 2.33. The second-order valence-corrected chi connectivity index (χ2v) is 6.73. The zero-order chi connectivity index (χ0) is 17.4. The number of hydrogen-bond donors (Lipinski definition) is 0. The van der Waals surface area contributed by atoms with Crippen LogP contribution in [0.4, 0.5) is 0 Å². The molecular weight excluding hydrogens is 318 g/mol. The number of fused-ring (bicyclic) bond motifs is 1. The fraction of sp³-hybridized carbons (Fsp3) is 0.421. The van der Waals surface area contributed by atoms with Crippen LogP contribution in [0.3, 0.4) is 0 Å². The van der Waals surface area contributed by atoms with E-state index in [9.17, 15) is 9.59 Å². The first-order chi connectivity index (χ1) is 12.1. The summed E-state index contributed by atoms with van der Waals surface area (Å²) in [5.74, 6) is 0.820. The van der Waals surface area contributed by atoms with E-state index in [1.165, 1.54) is 0 Å². The molecule has 2 atom stereocenters. The van der Waals surface area contributed by atoms with Crippen molar-refractivity contribution in [2.45, 2.75) is 44.8 Å². The number of amides is 2. The van der Waals surface area contributed by atoms with Crippen LogP contribution in [0, 0.1) is 6.92 Å². The lowest BCUT2D eigenvalue weighted by atomic mass is 9.95. The van der Waals surface area contributed by atoms with Gasteiger partial charge in [0.05, 0.1) is 23.9 Å². The van der Waals surface area contributed by atoms with Crippen LogP contribution in [-0.2, 0) is 11.3 Å². The van der Waals surface area contributed by atoms with Crippen LogP contribution in [0.15, 0.2) is 41.3 Å². The summed E-state index contributed by atoms with van der Waals surface area (Å²) in [7, 11) is 0. The third-order valence-corrected chi connectivity index (χ3v) is 5.31. The number of aryl methyl sites for hydroxylation is 1. The summed E-state index contributed by atoms with van der Waals surface area (Å²) < 4.78 is 5.28. The first-order valence-corrected chi connectivity index (χ1v) is 8.68. The molecule has 0 bridgehead atoms. The molecule has 6 nitrogen and oxygen atoms in total. The maximum absolute atomic E-state index is 12.9. The molecular formula is C19H21N3O3. The highest BCUT2D eigenvalue weighted by atomic mass is 16.3. The Morgan fingerprint density at radius 1 is 1.32 bits per heavy atom. The number of carbonyl (C=O) groups excluding carboxylic acids is 2. The van der Waals surface area contributed by atoms with Gasteiger partial charge in [-0.25, -0.2) is 0 Å². The van der Waals surface area contributed by atoms with Gasteiger partial charge in [0.15, 0.2) is 0 Å². The zero-order valence-electron chi connectivity index (χ0n) is 14.2. The second kappa shape index (κ2) is 6.35. The Hall–Kier alpha value is -2.63. The summed E-state index contributed by atoms with van der Waals surface area (Å²) in [6, 6.07) is 5.75. The number of piperidine rings is 1. The Balaban J connectivity index is 1.55. The van der Waals surface area contributed by atoms with Crippen LogP contribution in [-0.4, -0.2) is 45.2 Å². The van der Waals surface area contributed by atoms with Gasteiger partial charge in [-0.2, -0.15) is 0 Å². The Morgan fingerprint density at radius 3 is 2.92 bits per heavy atom. The van der Waals surface area contributed by atoms with Crippen LogP contribution in [0.25, 0.3) is 0 Å². The first kappa shape index (κ1) is 15.9. The molecule has 0 radical (unpaired) electrons. The van der Waals surface area contributed by atoms with E-state index < -0.39 is 0 Å². The lowest BCUT2D eigenvalue weighted by Crippen LogP contribution is -2.52. The lowest BCUT2D eigenvalue weighted by Gasteiger charge is -2.39. The molecule has 2 aliphatic heterocycles. The van der Waals surface area contributed by atoms with Crippen LogP contribution in [0.2, 0.25) is 0 Å². The molecule has 4 rings (SSSR count). The van der Waals surface area contributed by atoms with Crippen molar-refractivity contribution in [1.29, 1.82) is 0 Å². The van der Waals surface area contributed by atoms with Gasteiger partial charge in [-0.1, -0.05) is 6.07 Å². The van der Waals surface area contributed by atoms with Crippen LogP contribution in [0.1, 0.15) is 40.9 Å². The molecule has 6 heteroatoms. The van der Waals surface area contributed by atoms with E-state index in [1.54, 1.807) is 31.6 Å². The standard InChI is InChI=1S/C19H21N3O3/c1-13-15(7-10-25-13)19(24)21-9-6-17-16(21)4-5-18(23)22(17)12-14-3-2-8-20-11-14/h2-3,7-8,10-11,16-17H,4-6,9,12H2,1H3/t16-,17-/m0/s1. The highest BCUT2D eigenvalue weighted by molar-refractivity contribution is 5.95. The van der Waals surface area contributed by atoms with Gasteiger partial charge >= 0.3 is 0 Å². The minimum atomic E-state index is 0.00873. The van der Waals surface area contributed by atoms with E-state index in [2.05, 4.69) is 4.98 Å². The van der Waals surface area contributed by atoms with Crippen molar-refractivity contribution in [3.8, 4) is 0 Å². The van der Waals surface area contributed by atoms with Gasteiger partial charge in [-0.15, -0.1) is 0 Å². The second-order valence-electron chi connectivity index (χ2n) is 6.73. The summed E-state index contributed by atoms with van der Waals surface area (Å²) in [5, 5.41) is 0. The van der Waals surface area contributed by atoms with Crippen molar-refractivity contribution < 1.29 is 14.0 Å². The average Bonchev–Trinajstić information content (AvgIpc) is 3.24. The van der Waals surface area contributed by atoms with Crippen molar-refractivity contribution in [3.05, 3.63) is 53.7 Å². The quantitative estimate of drug-likeness (QED) is 0.861. The summed E-state index contributed by atoms with van der Waals surface area (Å²) in [6.45, 7) is 3.04. The van der Waals surface area contributed by atoms with Gasteiger partial charge in [0.1, 0.15) is 5.76 Å². The first-order valence-electron chi connectivity index (χ1n) is 8.68. The lowest BCUT2D eigenvalue weighted by molar-refractivity contribution is -0.138. The van der Waals surface area contributed by atoms with Crippen molar-refractivity contribution in [2.75, 3.05) is 6.54 Å². The van der Waals surface area contributed by atoms with E-state index >= 15 is 0 Å². The number of carbonyl (C=O) groups is 2. The molecule has 2 aromatic rings. The minimum absolute atomic E-state index is 0.00873. The van der Waals surface area contributed by atoms with Gasteiger partial charge in [0.2, 0.25) is 5.91 Å². The summed E-state index contributed by atoms with van der Waals surface area (Å²) in [4.78, 5) is 33.4. The number of rotatable bonds is 3. The number of pyridine rings is 1. The molecule has 0 saturated carbocycles. The fourth-order valence-corrected chi connectivity index (χ4v) is 4.06. The van der Waals surface area contributed by atoms with Crippen LogP contribution < -0.4 is 0 Å². The normalized spacial score (nSPS) is 23.0. The third-order valence-electron chi connectivity index (χ3n) is 5.31. The number of likely N-dealkylation sites (tertiary alicyclic amines) is 2. The van der Waals surface area contributed by atoms with E-state index in [0.717, 1.165) is 18.4 Å². The molecule has 2 aromatic heterocycles. The monoisotopic (exact) mass is 339 g/mol. The molecule has 4 heterocycles. The molecule has 130 valence electrons. The summed E-state index contributed by atoms with van der Waals surface area (Å²) in [5.41, 5.74) is 1.64. The molecule has 25 heavy (non-hydrogen) atoms. The predicted molar refractivity (Wildman–Crippen MR) is 90.7 cm³/mol. The predicted octanol–water partition coefficient (Wildman–Crippen LogP) is 2.39. The van der Waals surface area contributed by atoms with E-state index in [0.29, 0.717) is 30.8 Å². The Labute approximate surface area is 146 Å². The van der Waals surface area contributed by atoms with Gasteiger partial charge in [0, 0.05) is 31.9 Å². The molecule has 0 unspecified atom stereocenters. The van der Waals surface area contributed by atoms with Crippen molar-refractivity contribution in [3.63, 3.8) is 0 Å². The van der Waals surface area contributed by atoms with Gasteiger partial charge < -0.3 is 14.2 Å². The van der Waals surface area contributed by atoms with Gasteiger partial charge in [0.25, 0.3) is 5.91 Å². The maximum atomic E-state index is 12.9. The number of aromatic nitrogens is 1. The Bertz CT molecular complexity index is 786. The Kier molecular flexibility index (Phi) is 4.03. The van der Waals surface area contributed by atoms with Crippen molar-refractivity contribution in [1.82, 2.24) is 14.8 Å². The minimum Gasteiger partial charge on any atom is -0.469 e. The van der Waals surface area contributed by atoms with Crippen molar-refractivity contribution >= 4 is 11.8 Å². The molecule has 2 aliphatic rings. The maximum Gasteiger partial charge on any atom is 0.257 e. The summed E-state index contributed by atoms with van der Waals surface area (Å²) >= 11 is 0. The molecule has 0 N–H and O–H groups in total. The third kappa shape index (κ3) is 2.81. The number of furan rings is 1. The van der Waals surface area contributed by atoms with E-state index in [4.69, 9.17) is 4.42 Å². The van der Waals surface area contributed by atoms with E-state index in [-0.39, 0.29) is 23.9 Å². The smallest absolute Gasteiger partial charge is 0.257 e. The van der Waals surface area contributed by atoms with Crippen LogP contribution in [0.5, 0.6) is 0 Å². The largest absolute Gasteiger partial charge is 0.469 e. The topological polar surface area (TPSA) is 66.7 Å². The SMILES string of the molecule is Cc1occc1C(=O)N1CC[C@H]2[C@@H]1CCC(=O)N2Cc1cccnc1. The average molecular weight is 339 g/mol. The number of hydrogen-bond acceptors (Lipinski definition) is 4. The molecule has 0 aliphatic carbocycles. The zero-order valence-corrected chi connectivity index (χ0v) is 14.2. The molecule has 2 saturated heterocycles. The van der Waals surface area contributed by atoms with E-state index in [1.807, 2.05) is 21.9 Å². The molecule has 2 fully saturated rings. The fourth-order valence-electron chi connectivity index (χ4n) is 4.06. The van der Waals surface area contributed by atoms with Crippen molar-refractivity contribution in [2.24, 2.45) is 0 Å². The van der Waals surface area contributed by atoms with Crippen LogP contribution >= 0.6 is 0 Å². The van der Waals surface area contributed by atoms with Gasteiger partial charge in [-0.3, -0.25) is 14.6 Å². The molecule has 0 spiro atoms. The molecule has 0 aromatic carbocycles.